The van der Waals surface area contributed by atoms with Gasteiger partial charge >= 0.3 is 0 Å². The molecule has 0 aliphatic carbocycles. The van der Waals surface area contributed by atoms with Gasteiger partial charge in [0.05, 0.1) is 0 Å². The first-order valence-corrected chi connectivity index (χ1v) is 8.52. The summed E-state index contributed by atoms with van der Waals surface area (Å²) in [6.07, 6.45) is 3.89. The van der Waals surface area contributed by atoms with Gasteiger partial charge in [0.1, 0.15) is 0 Å². The largest absolute Gasteiger partial charge is 0.339 e. The van der Waals surface area contributed by atoms with Gasteiger partial charge in [-0.25, -0.2) is 0 Å². The predicted molar refractivity (Wildman–Crippen MR) is 87.2 cm³/mol. The minimum Gasteiger partial charge on any atom is -0.339 e. The van der Waals surface area contributed by atoms with E-state index in [1.165, 1.54) is 4.90 Å². The van der Waals surface area contributed by atoms with E-state index in [1.807, 2.05) is 12.1 Å². The molecule has 21 heavy (non-hydrogen) atoms. The number of nitrogens with zero attached hydrogens (tertiary/aromatic N) is 2. The van der Waals surface area contributed by atoms with Crippen molar-refractivity contribution in [3.8, 4) is 11.4 Å². The van der Waals surface area contributed by atoms with Crippen LogP contribution in [0.5, 0.6) is 0 Å². The van der Waals surface area contributed by atoms with E-state index in [0.29, 0.717) is 30.1 Å². The average molecular weight is 305 g/mol. The molecule has 1 heterocycles. The third kappa shape index (κ3) is 4.58. The first-order chi connectivity index (χ1) is 10.1. The van der Waals surface area contributed by atoms with E-state index in [0.717, 1.165) is 18.4 Å². The molecule has 0 bridgehead atoms. The molecule has 0 aliphatic heterocycles. The van der Waals surface area contributed by atoms with Crippen molar-refractivity contribution < 1.29 is 4.52 Å². The molecular weight excluding hydrogens is 282 g/mol. The SMILES string of the molecule is CSc1ccc(-c2noc(CC(CN)CC(C)C)n2)cc1. The number of benzene rings is 1. The lowest BCUT2D eigenvalue weighted by Crippen LogP contribution is -2.19. The summed E-state index contributed by atoms with van der Waals surface area (Å²) in [4.78, 5) is 5.72. The molecule has 2 rings (SSSR count). The number of hydrogen-bond acceptors (Lipinski definition) is 5. The molecule has 1 aromatic heterocycles. The van der Waals surface area contributed by atoms with Crippen LogP contribution in [-0.4, -0.2) is 22.9 Å². The molecule has 114 valence electrons. The van der Waals surface area contributed by atoms with Crippen LogP contribution in [0.3, 0.4) is 0 Å². The van der Waals surface area contributed by atoms with Crippen LogP contribution in [0.1, 0.15) is 26.2 Å². The third-order valence-electron chi connectivity index (χ3n) is 3.42. The van der Waals surface area contributed by atoms with Crippen LogP contribution < -0.4 is 5.73 Å². The number of nitrogens with two attached hydrogens (primary N) is 1. The predicted octanol–water partition coefficient (Wildman–Crippen LogP) is 3.62. The Hall–Kier alpha value is -1.33. The molecule has 0 saturated heterocycles. The molecule has 5 heteroatoms. The van der Waals surface area contributed by atoms with Crippen LogP contribution in [0, 0.1) is 11.8 Å². The second-order valence-corrected chi connectivity index (χ2v) is 6.56. The van der Waals surface area contributed by atoms with E-state index in [-0.39, 0.29) is 0 Å². The molecule has 0 fully saturated rings. The van der Waals surface area contributed by atoms with Gasteiger partial charge in [-0.3, -0.25) is 0 Å². The Labute approximate surface area is 130 Å². The van der Waals surface area contributed by atoms with Crippen molar-refractivity contribution in [3.63, 3.8) is 0 Å². The van der Waals surface area contributed by atoms with Gasteiger partial charge in [-0.2, -0.15) is 4.98 Å². The summed E-state index contributed by atoms with van der Waals surface area (Å²) in [7, 11) is 0. The van der Waals surface area contributed by atoms with Crippen LogP contribution in [0.4, 0.5) is 0 Å². The molecule has 0 saturated carbocycles. The van der Waals surface area contributed by atoms with Gasteiger partial charge in [-0.15, -0.1) is 11.8 Å². The third-order valence-corrected chi connectivity index (χ3v) is 4.16. The molecule has 1 aromatic carbocycles. The Kier molecular flexibility index (Phi) is 5.82. The lowest BCUT2D eigenvalue weighted by molar-refractivity contribution is 0.332. The van der Waals surface area contributed by atoms with Crippen molar-refractivity contribution in [1.82, 2.24) is 10.1 Å². The lowest BCUT2D eigenvalue weighted by Gasteiger charge is -2.14. The molecule has 4 nitrogen and oxygen atoms in total. The number of aromatic nitrogens is 2. The summed E-state index contributed by atoms with van der Waals surface area (Å²) in [6, 6.07) is 8.18. The van der Waals surface area contributed by atoms with Gasteiger partial charge in [0, 0.05) is 16.9 Å². The van der Waals surface area contributed by atoms with Gasteiger partial charge in [-0.1, -0.05) is 19.0 Å². The zero-order valence-corrected chi connectivity index (χ0v) is 13.7. The number of thioether (sulfide) groups is 1. The zero-order valence-electron chi connectivity index (χ0n) is 12.9. The monoisotopic (exact) mass is 305 g/mol. The standard InChI is InChI=1S/C16H23N3OS/c1-11(2)8-12(10-17)9-15-18-16(19-20-15)13-4-6-14(21-3)7-5-13/h4-7,11-12H,8-10,17H2,1-3H3. The Bertz CT molecular complexity index is 551. The molecular formula is C16H23N3OS. The zero-order chi connectivity index (χ0) is 15.2. The van der Waals surface area contributed by atoms with Crippen molar-refractivity contribution in [1.29, 1.82) is 0 Å². The normalized spacial score (nSPS) is 12.8. The van der Waals surface area contributed by atoms with Crippen molar-refractivity contribution in [3.05, 3.63) is 30.2 Å². The number of rotatable bonds is 7. The van der Waals surface area contributed by atoms with Gasteiger partial charge in [0.25, 0.3) is 0 Å². The maximum absolute atomic E-state index is 5.83. The van der Waals surface area contributed by atoms with Crippen LogP contribution in [0.15, 0.2) is 33.7 Å². The smallest absolute Gasteiger partial charge is 0.227 e. The second kappa shape index (κ2) is 7.61. The van der Waals surface area contributed by atoms with Gasteiger partial charge in [0.2, 0.25) is 11.7 Å². The highest BCUT2D eigenvalue weighted by Crippen LogP contribution is 2.22. The highest BCUT2D eigenvalue weighted by molar-refractivity contribution is 7.98. The Balaban J connectivity index is 2.06. The van der Waals surface area contributed by atoms with E-state index >= 15 is 0 Å². The number of hydrogen-bond donors (Lipinski definition) is 1. The topological polar surface area (TPSA) is 64.9 Å². The molecule has 0 amide bonds. The Morgan fingerprint density at radius 3 is 2.52 bits per heavy atom. The van der Waals surface area contributed by atoms with Crippen molar-refractivity contribution in [2.24, 2.45) is 17.6 Å². The fraction of sp³-hybridized carbons (Fsp3) is 0.500. The minimum absolute atomic E-state index is 0.400. The first kappa shape index (κ1) is 16.0. The summed E-state index contributed by atoms with van der Waals surface area (Å²) in [5, 5.41) is 4.07. The fourth-order valence-corrected chi connectivity index (χ4v) is 2.78. The highest BCUT2D eigenvalue weighted by atomic mass is 32.2. The maximum Gasteiger partial charge on any atom is 0.227 e. The molecule has 1 unspecified atom stereocenters. The summed E-state index contributed by atoms with van der Waals surface area (Å²) in [5.74, 6) is 2.35. The van der Waals surface area contributed by atoms with Crippen LogP contribution in [0.2, 0.25) is 0 Å². The summed E-state index contributed by atoms with van der Waals surface area (Å²) in [6.45, 7) is 5.06. The summed E-state index contributed by atoms with van der Waals surface area (Å²) < 4.78 is 5.37. The average Bonchev–Trinajstić information content (AvgIpc) is 2.94. The van der Waals surface area contributed by atoms with Crippen molar-refractivity contribution in [2.75, 3.05) is 12.8 Å². The van der Waals surface area contributed by atoms with E-state index in [4.69, 9.17) is 10.3 Å². The lowest BCUT2D eigenvalue weighted by atomic mass is 9.94. The van der Waals surface area contributed by atoms with Crippen LogP contribution >= 0.6 is 11.8 Å². The fourth-order valence-electron chi connectivity index (χ4n) is 2.37. The van der Waals surface area contributed by atoms with E-state index < -0.39 is 0 Å². The van der Waals surface area contributed by atoms with Crippen molar-refractivity contribution >= 4 is 11.8 Å². The Morgan fingerprint density at radius 1 is 1.24 bits per heavy atom. The molecule has 0 spiro atoms. The summed E-state index contributed by atoms with van der Waals surface area (Å²) >= 11 is 1.72. The maximum atomic E-state index is 5.83. The quantitative estimate of drug-likeness (QED) is 0.791. The molecule has 2 N–H and O–H groups in total. The highest BCUT2D eigenvalue weighted by Gasteiger charge is 2.15. The van der Waals surface area contributed by atoms with E-state index in [1.54, 1.807) is 11.8 Å². The minimum atomic E-state index is 0.400. The Morgan fingerprint density at radius 2 is 1.95 bits per heavy atom. The van der Waals surface area contributed by atoms with Crippen LogP contribution in [0.25, 0.3) is 11.4 Å². The van der Waals surface area contributed by atoms with Crippen molar-refractivity contribution in [2.45, 2.75) is 31.6 Å². The van der Waals surface area contributed by atoms with Crippen LogP contribution in [-0.2, 0) is 6.42 Å². The molecule has 0 radical (unpaired) electrons. The van der Waals surface area contributed by atoms with Gasteiger partial charge < -0.3 is 10.3 Å². The second-order valence-electron chi connectivity index (χ2n) is 5.68. The molecule has 2 aromatic rings. The van der Waals surface area contributed by atoms with E-state index in [9.17, 15) is 0 Å². The van der Waals surface area contributed by atoms with E-state index in [2.05, 4.69) is 42.4 Å². The molecule has 1 atom stereocenters. The van der Waals surface area contributed by atoms with Gasteiger partial charge in [0.15, 0.2) is 0 Å². The van der Waals surface area contributed by atoms with Gasteiger partial charge in [-0.05, 0) is 55.3 Å². The summed E-state index contributed by atoms with van der Waals surface area (Å²) in [5.41, 5.74) is 6.81. The first-order valence-electron chi connectivity index (χ1n) is 7.29. The molecule has 0 aliphatic rings.